The summed E-state index contributed by atoms with van der Waals surface area (Å²) in [4.78, 5) is 22.1. The summed E-state index contributed by atoms with van der Waals surface area (Å²) in [5, 5.41) is 0. The van der Waals surface area contributed by atoms with Crippen LogP contribution in [-0.4, -0.2) is 30.4 Å². The van der Waals surface area contributed by atoms with Gasteiger partial charge in [0.2, 0.25) is 0 Å². The highest BCUT2D eigenvalue weighted by molar-refractivity contribution is 7.99. The largest absolute Gasteiger partial charge is 0.465 e. The first-order chi connectivity index (χ1) is 5.63. The van der Waals surface area contributed by atoms with Crippen LogP contribution >= 0.6 is 11.8 Å². The minimum absolute atomic E-state index is 0.0686. The highest BCUT2D eigenvalue weighted by Crippen LogP contribution is 2.04. The Labute approximate surface area is 76.9 Å². The van der Waals surface area contributed by atoms with E-state index < -0.39 is 11.9 Å². The molecule has 3 nitrogen and oxygen atoms in total. The van der Waals surface area contributed by atoms with E-state index in [1.54, 1.807) is 13.8 Å². The molecule has 0 aromatic carbocycles. The minimum atomic E-state index is -0.614. The second-order valence-electron chi connectivity index (χ2n) is 2.37. The van der Waals surface area contributed by atoms with E-state index in [1.807, 2.05) is 6.26 Å². The number of carbonyl (C=O) groups excluding carboxylic acids is 2. The molecule has 0 spiro atoms. The van der Waals surface area contributed by atoms with Crippen molar-refractivity contribution >= 4 is 23.5 Å². The fraction of sp³-hybridized carbons (Fsp3) is 0.750. The zero-order valence-electron chi connectivity index (χ0n) is 7.62. The van der Waals surface area contributed by atoms with Crippen molar-refractivity contribution in [3.63, 3.8) is 0 Å². The van der Waals surface area contributed by atoms with Gasteiger partial charge in [0, 0.05) is 0 Å². The molecule has 1 atom stereocenters. The molecule has 0 N–H and O–H groups in total. The molecule has 0 aliphatic heterocycles. The number of hydrogen-bond acceptors (Lipinski definition) is 4. The number of ketones is 1. The first-order valence-corrected chi connectivity index (χ1v) is 5.21. The SMILES string of the molecule is CCOC(=O)C(C)C(=O)CSC. The van der Waals surface area contributed by atoms with Gasteiger partial charge in [-0.05, 0) is 20.1 Å². The van der Waals surface area contributed by atoms with Crippen LogP contribution in [0, 0.1) is 5.92 Å². The van der Waals surface area contributed by atoms with E-state index in [1.165, 1.54) is 11.8 Å². The Morgan fingerprint density at radius 2 is 2.08 bits per heavy atom. The Kier molecular flexibility index (Phi) is 5.80. The topological polar surface area (TPSA) is 43.4 Å². The highest BCUT2D eigenvalue weighted by Gasteiger charge is 2.21. The van der Waals surface area contributed by atoms with Gasteiger partial charge in [-0.25, -0.2) is 0 Å². The maximum absolute atomic E-state index is 11.1. The predicted octanol–water partition coefficient (Wildman–Crippen LogP) is 1.12. The Hall–Kier alpha value is -0.510. The van der Waals surface area contributed by atoms with Gasteiger partial charge in [0.25, 0.3) is 0 Å². The molecule has 0 aliphatic rings. The summed E-state index contributed by atoms with van der Waals surface area (Å²) >= 11 is 1.42. The van der Waals surface area contributed by atoms with Gasteiger partial charge in [0.1, 0.15) is 5.92 Å². The van der Waals surface area contributed by atoms with Gasteiger partial charge in [-0.15, -0.1) is 0 Å². The predicted molar refractivity (Wildman–Crippen MR) is 49.2 cm³/mol. The first kappa shape index (κ1) is 11.5. The lowest BCUT2D eigenvalue weighted by atomic mass is 10.1. The smallest absolute Gasteiger partial charge is 0.316 e. The molecule has 4 heteroatoms. The lowest BCUT2D eigenvalue weighted by Gasteiger charge is -2.07. The third kappa shape index (κ3) is 3.76. The van der Waals surface area contributed by atoms with Crippen molar-refractivity contribution < 1.29 is 14.3 Å². The number of esters is 1. The lowest BCUT2D eigenvalue weighted by molar-refractivity contribution is -0.150. The number of ether oxygens (including phenoxy) is 1. The van der Waals surface area contributed by atoms with Crippen molar-refractivity contribution in [1.29, 1.82) is 0 Å². The van der Waals surface area contributed by atoms with E-state index in [0.29, 0.717) is 12.4 Å². The van der Waals surface area contributed by atoms with E-state index in [0.717, 1.165) is 0 Å². The Balaban J connectivity index is 3.91. The second-order valence-corrected chi connectivity index (χ2v) is 3.24. The van der Waals surface area contributed by atoms with Crippen LogP contribution in [-0.2, 0) is 14.3 Å². The fourth-order valence-electron chi connectivity index (χ4n) is 0.666. The van der Waals surface area contributed by atoms with Gasteiger partial charge in [0.05, 0.1) is 12.4 Å². The molecule has 0 aromatic rings. The van der Waals surface area contributed by atoms with Crippen LogP contribution in [0.3, 0.4) is 0 Å². The van der Waals surface area contributed by atoms with E-state index in [9.17, 15) is 9.59 Å². The Morgan fingerprint density at radius 1 is 1.50 bits per heavy atom. The highest BCUT2D eigenvalue weighted by atomic mass is 32.2. The molecule has 0 fully saturated rings. The van der Waals surface area contributed by atoms with Crippen molar-refractivity contribution in [2.45, 2.75) is 13.8 Å². The van der Waals surface area contributed by atoms with Crippen LogP contribution in [0.1, 0.15) is 13.8 Å². The number of hydrogen-bond donors (Lipinski definition) is 0. The molecule has 0 saturated heterocycles. The third-order valence-corrected chi connectivity index (χ3v) is 1.98. The van der Waals surface area contributed by atoms with Gasteiger partial charge >= 0.3 is 5.97 Å². The average molecular weight is 190 g/mol. The molecule has 0 rings (SSSR count). The van der Waals surface area contributed by atoms with Crippen molar-refractivity contribution in [2.75, 3.05) is 18.6 Å². The first-order valence-electron chi connectivity index (χ1n) is 3.81. The molecule has 0 aromatic heterocycles. The fourth-order valence-corrected chi connectivity index (χ4v) is 1.20. The molecule has 0 amide bonds. The maximum Gasteiger partial charge on any atom is 0.316 e. The molecule has 70 valence electrons. The van der Waals surface area contributed by atoms with E-state index >= 15 is 0 Å². The molecule has 0 bridgehead atoms. The summed E-state index contributed by atoms with van der Waals surface area (Å²) in [6, 6.07) is 0. The Bertz CT molecular complexity index is 150. The molecule has 0 saturated carbocycles. The average Bonchev–Trinajstić information content (AvgIpc) is 2.04. The molecular weight excluding hydrogens is 176 g/mol. The van der Waals surface area contributed by atoms with Crippen LogP contribution < -0.4 is 0 Å². The Morgan fingerprint density at radius 3 is 2.50 bits per heavy atom. The molecular formula is C8H14O3S. The molecule has 0 heterocycles. The summed E-state index contributed by atoms with van der Waals surface area (Å²) < 4.78 is 4.70. The molecule has 12 heavy (non-hydrogen) atoms. The second kappa shape index (κ2) is 6.06. The third-order valence-electron chi connectivity index (χ3n) is 1.41. The van der Waals surface area contributed by atoms with Crippen LogP contribution in [0.4, 0.5) is 0 Å². The van der Waals surface area contributed by atoms with E-state index in [4.69, 9.17) is 4.74 Å². The number of Topliss-reactive ketones (excluding diaryl/α,β-unsaturated/α-hetero) is 1. The quantitative estimate of drug-likeness (QED) is 0.481. The van der Waals surface area contributed by atoms with Crippen molar-refractivity contribution in [3.05, 3.63) is 0 Å². The molecule has 1 unspecified atom stereocenters. The summed E-state index contributed by atoms with van der Waals surface area (Å²) in [6.07, 6.45) is 1.83. The monoisotopic (exact) mass is 190 g/mol. The van der Waals surface area contributed by atoms with Crippen LogP contribution in [0.5, 0.6) is 0 Å². The number of thioether (sulfide) groups is 1. The van der Waals surface area contributed by atoms with E-state index in [2.05, 4.69) is 0 Å². The molecule has 0 aliphatic carbocycles. The summed E-state index contributed by atoms with van der Waals surface area (Å²) in [7, 11) is 0. The van der Waals surface area contributed by atoms with Gasteiger partial charge < -0.3 is 4.74 Å². The van der Waals surface area contributed by atoms with Gasteiger partial charge in [-0.1, -0.05) is 0 Å². The van der Waals surface area contributed by atoms with Crippen molar-refractivity contribution in [1.82, 2.24) is 0 Å². The maximum atomic E-state index is 11.1. The van der Waals surface area contributed by atoms with Crippen LogP contribution in [0.25, 0.3) is 0 Å². The van der Waals surface area contributed by atoms with Crippen molar-refractivity contribution in [3.8, 4) is 0 Å². The number of carbonyl (C=O) groups is 2. The van der Waals surface area contributed by atoms with Crippen LogP contribution in [0.15, 0.2) is 0 Å². The van der Waals surface area contributed by atoms with Crippen molar-refractivity contribution in [2.24, 2.45) is 5.92 Å². The number of rotatable bonds is 5. The van der Waals surface area contributed by atoms with Gasteiger partial charge in [-0.3, -0.25) is 9.59 Å². The zero-order valence-corrected chi connectivity index (χ0v) is 8.44. The minimum Gasteiger partial charge on any atom is -0.465 e. The van der Waals surface area contributed by atoms with Gasteiger partial charge in [-0.2, -0.15) is 11.8 Å². The van der Waals surface area contributed by atoms with Gasteiger partial charge in [0.15, 0.2) is 5.78 Å². The van der Waals surface area contributed by atoms with E-state index in [-0.39, 0.29) is 5.78 Å². The normalized spacial score (nSPS) is 12.2. The van der Waals surface area contributed by atoms with Crippen LogP contribution in [0.2, 0.25) is 0 Å². The molecule has 0 radical (unpaired) electrons. The summed E-state index contributed by atoms with van der Waals surface area (Å²) in [6.45, 7) is 3.63. The summed E-state index contributed by atoms with van der Waals surface area (Å²) in [5.74, 6) is -0.727. The lowest BCUT2D eigenvalue weighted by Crippen LogP contribution is -2.24. The standard InChI is InChI=1S/C8H14O3S/c1-4-11-8(10)6(2)7(9)5-12-3/h6H,4-5H2,1-3H3. The zero-order chi connectivity index (χ0) is 9.56. The summed E-state index contributed by atoms with van der Waals surface area (Å²) in [5.41, 5.74) is 0.